The van der Waals surface area contributed by atoms with E-state index in [1.165, 1.54) is 49.7 Å². The number of rotatable bonds is 3. The monoisotopic (exact) mass is 374 g/mol. The van der Waals surface area contributed by atoms with Crippen molar-refractivity contribution in [3.63, 3.8) is 0 Å². The van der Waals surface area contributed by atoms with Crippen LogP contribution in [-0.2, 0) is 0 Å². The normalized spacial score (nSPS) is 25.8. The van der Waals surface area contributed by atoms with Gasteiger partial charge in [0.15, 0.2) is 5.11 Å². The summed E-state index contributed by atoms with van der Waals surface area (Å²) in [6.07, 6.45) is 8.20. The van der Waals surface area contributed by atoms with Crippen molar-refractivity contribution >= 4 is 23.0 Å². The third kappa shape index (κ3) is 4.58. The molecule has 2 N–H and O–H groups in total. The zero-order valence-corrected chi connectivity index (χ0v) is 17.8. The first-order valence-electron chi connectivity index (χ1n) is 10.4. The molecule has 1 aromatic rings. The van der Waals surface area contributed by atoms with Gasteiger partial charge in [0.05, 0.1) is 19.1 Å². The standard InChI is InChI=1S/C22H35N3S/c1-16-9-10-20(18(3)15-16)23-22(26)25-13-11-19(12-14-25)24(4)21-8-6-5-7-17(21)2/h9-10,15,17,19,21H,5-8,11-14H2,1-4H3,(H,23,26)/p+1. The summed E-state index contributed by atoms with van der Waals surface area (Å²) in [7, 11) is 2.44. The van der Waals surface area contributed by atoms with Gasteiger partial charge in [0.2, 0.25) is 0 Å². The molecule has 2 aliphatic rings. The number of likely N-dealkylation sites (tertiary alicyclic amines) is 1. The molecule has 26 heavy (non-hydrogen) atoms. The minimum absolute atomic E-state index is 0.792. The number of nitrogens with zero attached hydrogens (tertiary/aromatic N) is 1. The van der Waals surface area contributed by atoms with Gasteiger partial charge in [-0.05, 0) is 57.0 Å². The van der Waals surface area contributed by atoms with E-state index in [4.69, 9.17) is 12.2 Å². The molecule has 0 amide bonds. The second kappa shape index (κ2) is 8.71. The van der Waals surface area contributed by atoms with Crippen LogP contribution in [0.5, 0.6) is 0 Å². The number of aryl methyl sites for hydroxylation is 2. The third-order valence-corrected chi connectivity index (χ3v) is 7.11. The number of hydrogen-bond donors (Lipinski definition) is 2. The van der Waals surface area contributed by atoms with Crippen LogP contribution in [0.15, 0.2) is 18.2 Å². The van der Waals surface area contributed by atoms with Gasteiger partial charge in [-0.2, -0.15) is 0 Å². The topological polar surface area (TPSA) is 19.7 Å². The van der Waals surface area contributed by atoms with Gasteiger partial charge < -0.3 is 15.1 Å². The van der Waals surface area contributed by atoms with Crippen molar-refractivity contribution in [2.75, 3.05) is 25.5 Å². The van der Waals surface area contributed by atoms with Crippen LogP contribution in [0.3, 0.4) is 0 Å². The summed E-state index contributed by atoms with van der Waals surface area (Å²) in [5.74, 6) is 0.883. The van der Waals surface area contributed by atoms with Gasteiger partial charge in [-0.25, -0.2) is 0 Å². The fraction of sp³-hybridized carbons (Fsp3) is 0.682. The molecule has 1 aliphatic heterocycles. The van der Waals surface area contributed by atoms with Crippen molar-refractivity contribution in [2.24, 2.45) is 5.92 Å². The largest absolute Gasteiger partial charge is 0.349 e. The number of piperidine rings is 1. The van der Waals surface area contributed by atoms with Crippen molar-refractivity contribution in [1.29, 1.82) is 0 Å². The number of nitrogens with one attached hydrogen (secondary N) is 2. The predicted molar refractivity (Wildman–Crippen MR) is 115 cm³/mol. The molecular formula is C22H36N3S+. The third-order valence-electron chi connectivity index (χ3n) is 6.75. The van der Waals surface area contributed by atoms with Crippen molar-refractivity contribution in [3.05, 3.63) is 29.3 Å². The van der Waals surface area contributed by atoms with Gasteiger partial charge in [-0.3, -0.25) is 0 Å². The molecular weight excluding hydrogens is 338 g/mol. The molecule has 1 aliphatic carbocycles. The lowest BCUT2D eigenvalue weighted by Gasteiger charge is -2.41. The molecule has 3 unspecified atom stereocenters. The molecule has 144 valence electrons. The van der Waals surface area contributed by atoms with Crippen LogP contribution >= 0.6 is 12.2 Å². The lowest BCUT2D eigenvalue weighted by atomic mass is 9.84. The van der Waals surface area contributed by atoms with Crippen molar-refractivity contribution in [1.82, 2.24) is 4.90 Å². The number of anilines is 1. The van der Waals surface area contributed by atoms with Gasteiger partial charge in [0.25, 0.3) is 0 Å². The molecule has 0 radical (unpaired) electrons. The molecule has 1 heterocycles. The van der Waals surface area contributed by atoms with Crippen LogP contribution in [0, 0.1) is 19.8 Å². The van der Waals surface area contributed by atoms with Gasteiger partial charge in [-0.15, -0.1) is 0 Å². The zero-order chi connectivity index (χ0) is 18.7. The Morgan fingerprint density at radius 2 is 1.81 bits per heavy atom. The maximum Gasteiger partial charge on any atom is 0.173 e. The lowest BCUT2D eigenvalue weighted by Crippen LogP contribution is -3.17. The SMILES string of the molecule is Cc1ccc(NC(=S)N2CCC([NH+](C)C3CCCCC3C)CC2)c(C)c1. The van der Waals surface area contributed by atoms with Crippen LogP contribution in [-0.4, -0.2) is 42.2 Å². The maximum atomic E-state index is 5.70. The summed E-state index contributed by atoms with van der Waals surface area (Å²) in [6, 6.07) is 8.15. The highest BCUT2D eigenvalue weighted by Gasteiger charge is 2.34. The van der Waals surface area contributed by atoms with E-state index < -0.39 is 0 Å². The minimum Gasteiger partial charge on any atom is -0.349 e. The second-order valence-electron chi connectivity index (χ2n) is 8.62. The fourth-order valence-electron chi connectivity index (χ4n) is 4.98. The van der Waals surface area contributed by atoms with Gasteiger partial charge >= 0.3 is 0 Å². The average Bonchev–Trinajstić information content (AvgIpc) is 2.64. The van der Waals surface area contributed by atoms with Crippen LogP contribution < -0.4 is 10.2 Å². The van der Waals surface area contributed by atoms with E-state index in [2.05, 4.69) is 56.2 Å². The van der Waals surface area contributed by atoms with Crippen molar-refractivity contribution in [2.45, 2.75) is 71.4 Å². The summed E-state index contributed by atoms with van der Waals surface area (Å²) in [5.41, 5.74) is 3.70. The van der Waals surface area contributed by atoms with Crippen molar-refractivity contribution in [3.8, 4) is 0 Å². The van der Waals surface area contributed by atoms with Gasteiger partial charge in [0.1, 0.15) is 0 Å². The highest BCUT2D eigenvalue weighted by molar-refractivity contribution is 7.80. The van der Waals surface area contributed by atoms with E-state index >= 15 is 0 Å². The summed E-state index contributed by atoms with van der Waals surface area (Å²) < 4.78 is 0. The highest BCUT2D eigenvalue weighted by Crippen LogP contribution is 2.23. The smallest absolute Gasteiger partial charge is 0.173 e. The Labute approximate surface area is 165 Å². The van der Waals surface area contributed by atoms with Crippen LogP contribution in [0.1, 0.15) is 56.6 Å². The molecule has 2 fully saturated rings. The minimum atomic E-state index is 0.792. The van der Waals surface area contributed by atoms with E-state index in [-0.39, 0.29) is 0 Å². The first kappa shape index (κ1) is 19.6. The number of hydrogen-bond acceptors (Lipinski definition) is 1. The molecule has 1 saturated carbocycles. The number of thiocarbonyl (C=S) groups is 1. The summed E-state index contributed by atoms with van der Waals surface area (Å²) in [4.78, 5) is 4.15. The van der Waals surface area contributed by atoms with Crippen LogP contribution in [0.4, 0.5) is 5.69 Å². The van der Waals surface area contributed by atoms with E-state index in [0.717, 1.165) is 41.9 Å². The quantitative estimate of drug-likeness (QED) is 0.790. The van der Waals surface area contributed by atoms with E-state index in [1.807, 2.05) is 0 Å². The van der Waals surface area contributed by atoms with E-state index in [1.54, 1.807) is 4.90 Å². The molecule has 1 saturated heterocycles. The Balaban J connectivity index is 1.52. The summed E-state index contributed by atoms with van der Waals surface area (Å²) >= 11 is 5.70. The number of quaternary nitrogens is 1. The fourth-order valence-corrected chi connectivity index (χ4v) is 5.27. The molecule has 1 aromatic carbocycles. The van der Waals surface area contributed by atoms with Gasteiger partial charge in [0, 0.05) is 37.5 Å². The molecule has 0 aromatic heterocycles. The Bertz CT molecular complexity index is 622. The predicted octanol–water partition coefficient (Wildman–Crippen LogP) is 3.56. The maximum absolute atomic E-state index is 5.70. The average molecular weight is 375 g/mol. The Morgan fingerprint density at radius 1 is 1.12 bits per heavy atom. The molecule has 3 atom stereocenters. The molecule has 0 bridgehead atoms. The Morgan fingerprint density at radius 3 is 2.46 bits per heavy atom. The van der Waals surface area contributed by atoms with E-state index in [0.29, 0.717) is 0 Å². The first-order valence-corrected chi connectivity index (χ1v) is 10.8. The highest BCUT2D eigenvalue weighted by atomic mass is 32.1. The second-order valence-corrected chi connectivity index (χ2v) is 9.01. The molecule has 3 nitrogen and oxygen atoms in total. The van der Waals surface area contributed by atoms with E-state index in [9.17, 15) is 0 Å². The Kier molecular flexibility index (Phi) is 6.57. The lowest BCUT2D eigenvalue weighted by molar-refractivity contribution is -0.937. The molecule has 4 heteroatoms. The summed E-state index contributed by atoms with van der Waals surface area (Å²) in [5, 5.41) is 4.36. The summed E-state index contributed by atoms with van der Waals surface area (Å²) in [6.45, 7) is 8.91. The van der Waals surface area contributed by atoms with Crippen LogP contribution in [0.25, 0.3) is 0 Å². The number of benzene rings is 1. The Hall–Kier alpha value is -1.13. The molecule has 0 spiro atoms. The molecule has 3 rings (SSSR count). The van der Waals surface area contributed by atoms with Gasteiger partial charge in [-0.1, -0.05) is 31.0 Å². The first-order chi connectivity index (χ1) is 12.5. The zero-order valence-electron chi connectivity index (χ0n) is 17.0. The van der Waals surface area contributed by atoms with Crippen molar-refractivity contribution < 1.29 is 4.90 Å². The van der Waals surface area contributed by atoms with Crippen LogP contribution in [0.2, 0.25) is 0 Å².